The summed E-state index contributed by atoms with van der Waals surface area (Å²) in [7, 11) is 0. The second-order valence-corrected chi connectivity index (χ2v) is 1.68. The van der Waals surface area contributed by atoms with Crippen molar-refractivity contribution in [2.75, 3.05) is 0 Å². The second-order valence-electron chi connectivity index (χ2n) is 1.68. The van der Waals surface area contributed by atoms with E-state index in [-0.39, 0.29) is 6.10 Å². The minimum absolute atomic E-state index is 0.167. The Kier molecular flexibility index (Phi) is 4.72. The van der Waals surface area contributed by atoms with Gasteiger partial charge >= 0.3 is 0 Å². The highest BCUT2D eigenvalue weighted by Gasteiger charge is 1.69. The molecular weight excluding hydrogens is 120 g/mol. The first-order valence-electron chi connectivity index (χ1n) is 2.62. The van der Waals surface area contributed by atoms with Gasteiger partial charge in [0.25, 0.3) is 0 Å². The van der Waals surface area contributed by atoms with Gasteiger partial charge in [0.05, 0.1) is 6.20 Å². The summed E-state index contributed by atoms with van der Waals surface area (Å²) in [4.78, 5) is 0. The van der Waals surface area contributed by atoms with Crippen LogP contribution in [0.3, 0.4) is 0 Å². The third-order valence-corrected chi connectivity index (χ3v) is 0.283. The third kappa shape index (κ3) is 11.0. The molecule has 0 spiro atoms. The number of aromatic nitrogens is 2. The van der Waals surface area contributed by atoms with E-state index in [2.05, 4.69) is 14.9 Å². The molecule has 4 nitrogen and oxygen atoms in total. The average molecular weight is 130 g/mol. The Balaban J connectivity index is 0.000000148. The molecule has 1 N–H and O–H groups in total. The van der Waals surface area contributed by atoms with Crippen molar-refractivity contribution in [3.05, 3.63) is 12.5 Å². The summed E-state index contributed by atoms with van der Waals surface area (Å²) in [5, 5.41) is 14.5. The monoisotopic (exact) mass is 130 g/mol. The summed E-state index contributed by atoms with van der Waals surface area (Å²) in [6.07, 6.45) is 2.71. The van der Waals surface area contributed by atoms with Crippen molar-refractivity contribution in [2.24, 2.45) is 0 Å². The molecule has 1 aromatic rings. The predicted molar refractivity (Wildman–Crippen MR) is 31.7 cm³/mol. The van der Waals surface area contributed by atoms with Gasteiger partial charge in [-0.3, -0.25) is 0 Å². The number of hydrogen-bond acceptors (Lipinski definition) is 4. The number of nitrogens with zero attached hydrogens (tertiary/aromatic N) is 2. The first kappa shape index (κ1) is 8.10. The Morgan fingerprint density at radius 3 is 2.22 bits per heavy atom. The van der Waals surface area contributed by atoms with Gasteiger partial charge in [0.15, 0.2) is 0 Å². The Morgan fingerprint density at radius 2 is 2.11 bits per heavy atom. The molecule has 0 aliphatic rings. The third-order valence-electron chi connectivity index (χ3n) is 0.283. The van der Waals surface area contributed by atoms with E-state index in [1.807, 2.05) is 0 Å². The summed E-state index contributed by atoms with van der Waals surface area (Å²) < 4.78 is 4.22. The van der Waals surface area contributed by atoms with Crippen molar-refractivity contribution < 1.29 is 9.63 Å². The van der Waals surface area contributed by atoms with E-state index in [0.717, 1.165) is 0 Å². The topological polar surface area (TPSA) is 59.2 Å². The van der Waals surface area contributed by atoms with E-state index >= 15 is 0 Å². The second kappa shape index (κ2) is 5.24. The molecule has 0 saturated carbocycles. The molecule has 52 valence electrons. The van der Waals surface area contributed by atoms with E-state index in [9.17, 15) is 0 Å². The van der Waals surface area contributed by atoms with Crippen LogP contribution in [0.25, 0.3) is 0 Å². The number of aliphatic hydroxyl groups excluding tert-OH is 1. The summed E-state index contributed by atoms with van der Waals surface area (Å²) >= 11 is 0. The highest BCUT2D eigenvalue weighted by molar-refractivity contribution is 4.48. The fourth-order valence-electron chi connectivity index (χ4n) is 0.136. The first-order chi connectivity index (χ1) is 4.23. The van der Waals surface area contributed by atoms with Gasteiger partial charge in [-0.1, -0.05) is 0 Å². The molecule has 4 heteroatoms. The maximum atomic E-state index is 8.06. The standard InChI is InChI=1S/C3H8O.C2H2N2O/c1-3(2)4;1-2-5-4-3-1/h3-4H,1-2H3;1-2H. The van der Waals surface area contributed by atoms with E-state index in [1.54, 1.807) is 13.8 Å². The largest absolute Gasteiger partial charge is 0.394 e. The van der Waals surface area contributed by atoms with Crippen molar-refractivity contribution in [1.82, 2.24) is 10.4 Å². The maximum absolute atomic E-state index is 8.06. The quantitative estimate of drug-likeness (QED) is 0.554. The normalized spacial score (nSPS) is 8.44. The van der Waals surface area contributed by atoms with Crippen LogP contribution in [0.4, 0.5) is 0 Å². The van der Waals surface area contributed by atoms with Gasteiger partial charge in [-0.25, -0.2) is 0 Å². The van der Waals surface area contributed by atoms with Crippen molar-refractivity contribution in [2.45, 2.75) is 20.0 Å². The van der Waals surface area contributed by atoms with Gasteiger partial charge < -0.3 is 9.63 Å². The molecule has 0 fully saturated rings. The lowest BCUT2D eigenvalue weighted by Crippen LogP contribution is -1.85. The van der Waals surface area contributed by atoms with Gasteiger partial charge in [-0.2, -0.15) is 0 Å². The highest BCUT2D eigenvalue weighted by Crippen LogP contribution is 1.65. The van der Waals surface area contributed by atoms with E-state index < -0.39 is 0 Å². The Labute approximate surface area is 53.5 Å². The van der Waals surface area contributed by atoms with Crippen LogP contribution < -0.4 is 0 Å². The molecule has 0 aliphatic heterocycles. The Morgan fingerprint density at radius 1 is 1.56 bits per heavy atom. The molecule has 1 aromatic heterocycles. The summed E-state index contributed by atoms with van der Waals surface area (Å²) in [5.41, 5.74) is 0. The van der Waals surface area contributed by atoms with Gasteiger partial charge in [-0.15, -0.1) is 5.10 Å². The minimum atomic E-state index is -0.167. The number of hydrogen-bond donors (Lipinski definition) is 1. The van der Waals surface area contributed by atoms with Crippen molar-refractivity contribution in [3.8, 4) is 0 Å². The fourth-order valence-corrected chi connectivity index (χ4v) is 0.136. The lowest BCUT2D eigenvalue weighted by atomic mass is 10.5. The zero-order valence-electron chi connectivity index (χ0n) is 5.48. The van der Waals surface area contributed by atoms with Gasteiger partial charge in [0.1, 0.15) is 6.26 Å². The zero-order valence-corrected chi connectivity index (χ0v) is 5.48. The number of rotatable bonds is 0. The van der Waals surface area contributed by atoms with Crippen molar-refractivity contribution in [3.63, 3.8) is 0 Å². The first-order valence-corrected chi connectivity index (χ1v) is 2.62. The van der Waals surface area contributed by atoms with Crippen molar-refractivity contribution in [1.29, 1.82) is 0 Å². The van der Waals surface area contributed by atoms with E-state index in [1.165, 1.54) is 12.5 Å². The van der Waals surface area contributed by atoms with Crippen LogP contribution in [0.15, 0.2) is 17.0 Å². The van der Waals surface area contributed by atoms with Crippen LogP contribution in [0, 0.1) is 0 Å². The Bertz CT molecular complexity index is 96.5. The minimum Gasteiger partial charge on any atom is -0.394 e. The van der Waals surface area contributed by atoms with E-state index in [4.69, 9.17) is 5.11 Å². The van der Waals surface area contributed by atoms with Crippen molar-refractivity contribution >= 4 is 0 Å². The molecule has 0 atom stereocenters. The molecule has 0 unspecified atom stereocenters. The molecule has 1 heterocycles. The lowest BCUT2D eigenvalue weighted by Gasteiger charge is -1.80. The van der Waals surface area contributed by atoms with Gasteiger partial charge in [0, 0.05) is 11.4 Å². The van der Waals surface area contributed by atoms with Crippen LogP contribution in [0.1, 0.15) is 13.8 Å². The fraction of sp³-hybridized carbons (Fsp3) is 0.600. The molecule has 0 radical (unpaired) electrons. The molecule has 1 rings (SSSR count). The summed E-state index contributed by atoms with van der Waals surface area (Å²) in [5.74, 6) is 0. The molecular formula is C5H10N2O2. The van der Waals surface area contributed by atoms with Gasteiger partial charge in [-0.05, 0) is 13.8 Å². The SMILES string of the molecule is CC(C)O.c1conn1. The highest BCUT2D eigenvalue weighted by atomic mass is 16.5. The zero-order chi connectivity index (χ0) is 7.11. The van der Waals surface area contributed by atoms with Crippen LogP contribution in [-0.2, 0) is 0 Å². The molecule has 0 bridgehead atoms. The predicted octanol–water partition coefficient (Wildman–Crippen LogP) is 0.457. The molecule has 0 aliphatic carbocycles. The van der Waals surface area contributed by atoms with Crippen LogP contribution in [-0.4, -0.2) is 21.6 Å². The average Bonchev–Trinajstić information content (AvgIpc) is 2.11. The molecule has 0 saturated heterocycles. The van der Waals surface area contributed by atoms with Crippen LogP contribution >= 0.6 is 0 Å². The van der Waals surface area contributed by atoms with E-state index in [0.29, 0.717) is 0 Å². The summed E-state index contributed by atoms with van der Waals surface area (Å²) in [6, 6.07) is 0. The van der Waals surface area contributed by atoms with Crippen LogP contribution in [0.5, 0.6) is 0 Å². The summed E-state index contributed by atoms with van der Waals surface area (Å²) in [6.45, 7) is 3.44. The smallest absolute Gasteiger partial charge is 0.144 e. The van der Waals surface area contributed by atoms with Crippen LogP contribution in [0.2, 0.25) is 0 Å². The van der Waals surface area contributed by atoms with Gasteiger partial charge in [0.2, 0.25) is 0 Å². The lowest BCUT2D eigenvalue weighted by molar-refractivity contribution is 0.216. The maximum Gasteiger partial charge on any atom is 0.144 e. The molecule has 9 heavy (non-hydrogen) atoms. The Hall–Kier alpha value is -0.900. The molecule has 0 aromatic carbocycles. The molecule has 0 amide bonds. The number of aliphatic hydroxyl groups is 1.